The number of carboxylic acids is 1. The molecule has 1 unspecified atom stereocenters. The molecule has 0 aromatic heterocycles. The number of aliphatic hydroxyl groups excluding tert-OH is 1. The SMILES string of the molecule is CC(C)CCN(Cc1ccc(Cl)cc1)C[C@H](O)[C@@]12CC[C@]3(C)[C@H](CC[C@@H]4[C@@]5(C)CCC(OC(=O)CC(C)(C)CC(=O)O)C(C)(C)[C@@H]5CC[C@]43C)C1=C(C(C)C)C(=O)C2. The highest BCUT2D eigenvalue weighted by atomic mass is 35.5. The van der Waals surface area contributed by atoms with E-state index >= 15 is 0 Å². The summed E-state index contributed by atoms with van der Waals surface area (Å²) in [7, 11) is 0. The molecule has 4 saturated carbocycles. The number of hydrogen-bond acceptors (Lipinski definition) is 6. The van der Waals surface area contributed by atoms with E-state index in [-0.39, 0.29) is 64.2 Å². The fourth-order valence-electron chi connectivity index (χ4n) is 14.3. The van der Waals surface area contributed by atoms with E-state index in [1.807, 2.05) is 26.0 Å². The maximum atomic E-state index is 14.3. The second kappa shape index (κ2) is 16.2. The van der Waals surface area contributed by atoms with Crippen LogP contribution >= 0.6 is 11.6 Å². The van der Waals surface area contributed by atoms with Crippen LogP contribution in [0.3, 0.4) is 0 Å². The summed E-state index contributed by atoms with van der Waals surface area (Å²) in [6.45, 7) is 27.0. The summed E-state index contributed by atoms with van der Waals surface area (Å²) >= 11 is 6.25. The number of carbonyl (C=O) groups is 3. The Balaban J connectivity index is 1.27. The molecule has 58 heavy (non-hydrogen) atoms. The van der Waals surface area contributed by atoms with Crippen molar-refractivity contribution in [1.29, 1.82) is 0 Å². The maximum absolute atomic E-state index is 14.3. The average Bonchev–Trinajstić information content (AvgIpc) is 3.42. The summed E-state index contributed by atoms with van der Waals surface area (Å²) in [5.41, 5.74) is 2.20. The number of rotatable bonds is 14. The van der Waals surface area contributed by atoms with Crippen molar-refractivity contribution in [2.75, 3.05) is 13.1 Å². The van der Waals surface area contributed by atoms with Crippen LogP contribution in [0.2, 0.25) is 5.02 Å². The zero-order valence-corrected chi connectivity index (χ0v) is 38.6. The van der Waals surface area contributed by atoms with Crippen LogP contribution in [0.1, 0.15) is 159 Å². The lowest BCUT2D eigenvalue weighted by Crippen LogP contribution is -2.66. The van der Waals surface area contributed by atoms with Gasteiger partial charge in [-0.25, -0.2) is 0 Å². The molecule has 8 heteroatoms. The number of benzene rings is 1. The van der Waals surface area contributed by atoms with Crippen LogP contribution < -0.4 is 0 Å². The first kappa shape index (κ1) is 45.3. The van der Waals surface area contributed by atoms with Gasteiger partial charge in [0.25, 0.3) is 0 Å². The van der Waals surface area contributed by atoms with Gasteiger partial charge in [-0.3, -0.25) is 19.3 Å². The van der Waals surface area contributed by atoms with Gasteiger partial charge < -0.3 is 14.9 Å². The van der Waals surface area contributed by atoms with E-state index in [4.69, 9.17) is 16.3 Å². The zero-order valence-electron chi connectivity index (χ0n) is 37.8. The van der Waals surface area contributed by atoms with Gasteiger partial charge in [0.2, 0.25) is 0 Å². The molecule has 0 spiro atoms. The van der Waals surface area contributed by atoms with E-state index in [1.54, 1.807) is 0 Å². The molecule has 7 nitrogen and oxygen atoms in total. The predicted molar refractivity (Wildman–Crippen MR) is 232 cm³/mol. The van der Waals surface area contributed by atoms with Crippen molar-refractivity contribution in [3.05, 3.63) is 46.0 Å². The number of carbonyl (C=O) groups excluding carboxylic acids is 2. The molecule has 0 radical (unpaired) electrons. The molecule has 0 aliphatic heterocycles. The van der Waals surface area contributed by atoms with E-state index in [0.717, 1.165) is 81.5 Å². The van der Waals surface area contributed by atoms with Gasteiger partial charge in [0.15, 0.2) is 5.78 Å². The number of fused-ring (bicyclic) bond motifs is 7. The number of aliphatic hydroxyl groups is 1. The Hall–Kier alpha value is -2.22. The molecular weight excluding hydrogens is 746 g/mol. The van der Waals surface area contributed by atoms with Gasteiger partial charge in [0, 0.05) is 35.4 Å². The predicted octanol–water partition coefficient (Wildman–Crippen LogP) is 11.3. The number of Topliss-reactive ketones (excluding diaryl/α,β-unsaturated/α-hetero) is 1. The Morgan fingerprint density at radius 3 is 2.19 bits per heavy atom. The number of esters is 1. The number of carboxylic acid groups (broad SMARTS) is 1. The van der Waals surface area contributed by atoms with E-state index in [9.17, 15) is 24.6 Å². The molecule has 0 bridgehead atoms. The van der Waals surface area contributed by atoms with Crippen molar-refractivity contribution in [2.24, 2.45) is 62.1 Å². The van der Waals surface area contributed by atoms with Gasteiger partial charge in [0.05, 0.1) is 18.9 Å². The summed E-state index contributed by atoms with van der Waals surface area (Å²) in [6, 6.07) is 8.06. The minimum absolute atomic E-state index is 0.0168. The van der Waals surface area contributed by atoms with E-state index in [1.165, 1.54) is 11.1 Å². The Bertz CT molecular complexity index is 1750. The second-order valence-corrected chi connectivity index (χ2v) is 23.1. The van der Waals surface area contributed by atoms with Crippen LogP contribution in [0, 0.1) is 62.1 Å². The lowest BCUT2D eigenvalue weighted by atomic mass is 9.33. The Morgan fingerprint density at radius 2 is 1.57 bits per heavy atom. The largest absolute Gasteiger partial charge is 0.481 e. The van der Waals surface area contributed by atoms with Gasteiger partial charge in [-0.15, -0.1) is 0 Å². The van der Waals surface area contributed by atoms with Crippen LogP contribution in [0.5, 0.6) is 0 Å². The molecular formula is C50H76ClNO6. The monoisotopic (exact) mass is 822 g/mol. The van der Waals surface area contributed by atoms with Crippen molar-refractivity contribution in [3.63, 3.8) is 0 Å². The van der Waals surface area contributed by atoms with Gasteiger partial charge in [-0.1, -0.05) is 105 Å². The fraction of sp³-hybridized carbons (Fsp3) is 0.780. The first-order valence-electron chi connectivity index (χ1n) is 22.7. The molecule has 2 N–H and O–H groups in total. The van der Waals surface area contributed by atoms with Gasteiger partial charge in [-0.2, -0.15) is 0 Å². The normalized spacial score (nSPS) is 35.1. The molecule has 0 heterocycles. The third kappa shape index (κ3) is 8.01. The summed E-state index contributed by atoms with van der Waals surface area (Å²) < 4.78 is 6.30. The highest BCUT2D eigenvalue weighted by molar-refractivity contribution is 6.30. The Kier molecular flexibility index (Phi) is 12.7. The third-order valence-electron chi connectivity index (χ3n) is 17.4. The molecule has 0 amide bonds. The standard InChI is InChI=1S/C50H76ClNO6/c1-31(2)20-25-52(29-33-12-14-34(51)15-13-33)30-39(54)50-24-23-48(10)35(44(50)43(32(3)4)36(53)26-50)16-17-38-47(9)21-19-40(46(7,8)37(47)18-22-49(38,48)11)58-42(57)28-45(5,6)27-41(55)56/h12-15,31-32,35,37-40,54H,16-30H2,1-11H3,(H,55,56)/t35-,37+,38-,39+,40?,47+,48-,49-,50+/m1/s1. The lowest BCUT2D eigenvalue weighted by molar-refractivity contribution is -0.235. The Morgan fingerprint density at radius 1 is 0.897 bits per heavy atom. The lowest BCUT2D eigenvalue weighted by Gasteiger charge is -2.72. The molecule has 1 aromatic rings. The minimum atomic E-state index is -0.898. The molecule has 324 valence electrons. The van der Waals surface area contributed by atoms with Crippen LogP contribution in [-0.2, 0) is 25.7 Å². The van der Waals surface area contributed by atoms with Crippen LogP contribution in [0.15, 0.2) is 35.4 Å². The molecule has 6 rings (SSSR count). The maximum Gasteiger partial charge on any atom is 0.306 e. The van der Waals surface area contributed by atoms with Crippen molar-refractivity contribution < 1.29 is 29.3 Å². The topological polar surface area (TPSA) is 104 Å². The van der Waals surface area contributed by atoms with Gasteiger partial charge in [0.1, 0.15) is 6.10 Å². The van der Waals surface area contributed by atoms with Gasteiger partial charge >= 0.3 is 11.9 Å². The molecule has 4 fully saturated rings. The first-order chi connectivity index (χ1) is 26.9. The van der Waals surface area contributed by atoms with Crippen molar-refractivity contribution >= 4 is 29.3 Å². The van der Waals surface area contributed by atoms with Crippen molar-refractivity contribution in [3.8, 4) is 0 Å². The van der Waals surface area contributed by atoms with Crippen LogP contribution in [0.25, 0.3) is 0 Å². The average molecular weight is 823 g/mol. The van der Waals surface area contributed by atoms with E-state index < -0.39 is 22.9 Å². The van der Waals surface area contributed by atoms with Crippen molar-refractivity contribution in [2.45, 2.75) is 172 Å². The number of ether oxygens (including phenoxy) is 1. The van der Waals surface area contributed by atoms with Crippen molar-refractivity contribution in [1.82, 2.24) is 4.90 Å². The third-order valence-corrected chi connectivity index (χ3v) is 17.6. The number of nitrogens with zero attached hydrogens (tertiary/aromatic N) is 1. The van der Waals surface area contributed by atoms with Crippen LogP contribution in [0.4, 0.5) is 0 Å². The first-order valence-corrected chi connectivity index (χ1v) is 23.1. The quantitative estimate of drug-likeness (QED) is 0.180. The summed E-state index contributed by atoms with van der Waals surface area (Å²) in [5.74, 6) is 0.849. The zero-order chi connectivity index (χ0) is 42.8. The van der Waals surface area contributed by atoms with E-state index in [0.29, 0.717) is 30.7 Å². The van der Waals surface area contributed by atoms with E-state index in [2.05, 4.69) is 79.3 Å². The smallest absolute Gasteiger partial charge is 0.306 e. The van der Waals surface area contributed by atoms with Crippen LogP contribution in [-0.4, -0.2) is 58.1 Å². The highest BCUT2D eigenvalue weighted by Crippen LogP contribution is 2.77. The molecule has 9 atom stereocenters. The number of halogens is 1. The summed E-state index contributed by atoms with van der Waals surface area (Å²) in [5, 5.41) is 22.8. The number of hydrogen-bond donors (Lipinski definition) is 2. The molecule has 5 aliphatic rings. The molecule has 0 saturated heterocycles. The number of aliphatic carboxylic acids is 1. The minimum Gasteiger partial charge on any atom is -0.481 e. The highest BCUT2D eigenvalue weighted by Gasteiger charge is 2.71. The molecule has 1 aromatic carbocycles. The summed E-state index contributed by atoms with van der Waals surface area (Å²) in [4.78, 5) is 41.5. The number of ketones is 1. The molecule has 5 aliphatic carbocycles. The number of allylic oxidation sites excluding steroid dienone is 1. The second-order valence-electron chi connectivity index (χ2n) is 22.7. The van der Waals surface area contributed by atoms with Gasteiger partial charge in [-0.05, 0) is 139 Å². The fourth-order valence-corrected chi connectivity index (χ4v) is 14.4. The Labute approximate surface area is 355 Å². The summed E-state index contributed by atoms with van der Waals surface area (Å²) in [6.07, 6.45) is 8.59.